The van der Waals surface area contributed by atoms with Gasteiger partial charge in [-0.15, -0.1) is 0 Å². The summed E-state index contributed by atoms with van der Waals surface area (Å²) in [5, 5.41) is 0.887. The molecule has 0 fully saturated rings. The van der Waals surface area contributed by atoms with Gasteiger partial charge in [-0.1, -0.05) is 36.7 Å². The Labute approximate surface area is 114 Å². The Balaban J connectivity index is 2.19. The molecular formula is C13H19ClS2. The predicted octanol–water partition coefficient (Wildman–Crippen LogP) is 4.92. The number of hydrogen-bond donors (Lipinski definition) is 1. The van der Waals surface area contributed by atoms with Crippen molar-refractivity contribution in [2.45, 2.75) is 25.5 Å². The Bertz CT molecular complexity index is 302. The van der Waals surface area contributed by atoms with Crippen LogP contribution in [0.3, 0.4) is 0 Å². The molecule has 0 spiro atoms. The van der Waals surface area contributed by atoms with E-state index >= 15 is 0 Å². The van der Waals surface area contributed by atoms with Gasteiger partial charge in [0.1, 0.15) is 0 Å². The largest absolute Gasteiger partial charge is 0.179 e. The topological polar surface area (TPSA) is 0 Å². The number of hydrogen-bond acceptors (Lipinski definition) is 2. The van der Waals surface area contributed by atoms with E-state index in [9.17, 15) is 0 Å². The van der Waals surface area contributed by atoms with E-state index < -0.39 is 0 Å². The fourth-order valence-electron chi connectivity index (χ4n) is 1.45. The molecule has 0 radical (unpaired) electrons. The Hall–Kier alpha value is 0.210. The first-order valence-electron chi connectivity index (χ1n) is 5.66. The average molecular weight is 275 g/mol. The molecule has 0 aliphatic carbocycles. The average Bonchev–Trinajstić information content (AvgIpc) is 2.27. The van der Waals surface area contributed by atoms with Crippen LogP contribution < -0.4 is 0 Å². The maximum atomic E-state index is 6.09. The van der Waals surface area contributed by atoms with Gasteiger partial charge in [-0.2, -0.15) is 24.4 Å². The summed E-state index contributed by atoms with van der Waals surface area (Å²) in [6, 6.07) is 8.09. The Morgan fingerprint density at radius 3 is 2.75 bits per heavy atom. The van der Waals surface area contributed by atoms with E-state index in [1.807, 2.05) is 30.0 Å². The lowest BCUT2D eigenvalue weighted by Crippen LogP contribution is -1.97. The van der Waals surface area contributed by atoms with Gasteiger partial charge in [-0.05, 0) is 41.9 Å². The molecule has 16 heavy (non-hydrogen) atoms. The van der Waals surface area contributed by atoms with Gasteiger partial charge in [0.15, 0.2) is 0 Å². The molecule has 1 aromatic carbocycles. The standard InChI is InChI=1S/C13H19ClS2/c1-11(6-8-15)7-9-16-10-12-4-2-3-5-13(12)14/h2-5,11,15H,6-10H2,1H3. The molecule has 0 nitrogen and oxygen atoms in total. The van der Waals surface area contributed by atoms with Crippen molar-refractivity contribution in [3.8, 4) is 0 Å². The molecule has 0 aliphatic heterocycles. The van der Waals surface area contributed by atoms with E-state index in [4.69, 9.17) is 11.6 Å². The van der Waals surface area contributed by atoms with E-state index in [0.717, 1.165) is 22.4 Å². The molecular weight excluding hydrogens is 256 g/mol. The number of thioether (sulfide) groups is 1. The van der Waals surface area contributed by atoms with Gasteiger partial charge in [0, 0.05) is 10.8 Å². The molecule has 0 aliphatic rings. The molecule has 1 aromatic rings. The fraction of sp³-hybridized carbons (Fsp3) is 0.538. The van der Waals surface area contributed by atoms with Crippen LogP contribution in [-0.2, 0) is 5.75 Å². The normalized spacial score (nSPS) is 12.7. The molecule has 0 amide bonds. The van der Waals surface area contributed by atoms with Crippen LogP contribution in [0.25, 0.3) is 0 Å². The van der Waals surface area contributed by atoms with Crippen molar-refractivity contribution in [1.82, 2.24) is 0 Å². The lowest BCUT2D eigenvalue weighted by molar-refractivity contribution is 0.554. The maximum absolute atomic E-state index is 6.09. The van der Waals surface area contributed by atoms with Crippen molar-refractivity contribution in [2.24, 2.45) is 5.92 Å². The number of halogens is 1. The molecule has 3 heteroatoms. The monoisotopic (exact) mass is 274 g/mol. The zero-order chi connectivity index (χ0) is 11.8. The second kappa shape index (κ2) is 8.32. The number of benzene rings is 1. The van der Waals surface area contributed by atoms with Gasteiger partial charge in [0.2, 0.25) is 0 Å². The highest BCUT2D eigenvalue weighted by Gasteiger charge is 2.02. The minimum Gasteiger partial charge on any atom is -0.179 e. The lowest BCUT2D eigenvalue weighted by atomic mass is 10.1. The van der Waals surface area contributed by atoms with Gasteiger partial charge >= 0.3 is 0 Å². The van der Waals surface area contributed by atoms with Gasteiger partial charge in [0.05, 0.1) is 0 Å². The third-order valence-electron chi connectivity index (χ3n) is 2.59. The summed E-state index contributed by atoms with van der Waals surface area (Å²) in [6.45, 7) is 2.30. The first-order chi connectivity index (χ1) is 7.74. The zero-order valence-electron chi connectivity index (χ0n) is 9.66. The maximum Gasteiger partial charge on any atom is 0.0446 e. The summed E-state index contributed by atoms with van der Waals surface area (Å²) in [7, 11) is 0. The predicted molar refractivity (Wildman–Crippen MR) is 79.9 cm³/mol. The highest BCUT2D eigenvalue weighted by atomic mass is 35.5. The van der Waals surface area contributed by atoms with E-state index in [2.05, 4.69) is 25.6 Å². The summed E-state index contributed by atoms with van der Waals surface area (Å²) >= 11 is 12.3. The highest BCUT2D eigenvalue weighted by molar-refractivity contribution is 7.98. The van der Waals surface area contributed by atoms with Crippen molar-refractivity contribution in [1.29, 1.82) is 0 Å². The zero-order valence-corrected chi connectivity index (χ0v) is 12.1. The number of rotatable bonds is 7. The van der Waals surface area contributed by atoms with Gasteiger partial charge in [0.25, 0.3) is 0 Å². The third-order valence-corrected chi connectivity index (χ3v) is 4.26. The molecule has 0 aromatic heterocycles. The summed E-state index contributed by atoms with van der Waals surface area (Å²) in [5.41, 5.74) is 1.25. The minimum atomic E-state index is 0.788. The van der Waals surface area contributed by atoms with E-state index in [0.29, 0.717) is 0 Å². The fourth-order valence-corrected chi connectivity index (χ4v) is 3.35. The van der Waals surface area contributed by atoms with Crippen LogP contribution in [0, 0.1) is 5.92 Å². The minimum absolute atomic E-state index is 0.788. The van der Waals surface area contributed by atoms with Crippen molar-refractivity contribution >= 4 is 36.0 Å². The Morgan fingerprint density at radius 1 is 1.31 bits per heavy atom. The number of thiol groups is 1. The van der Waals surface area contributed by atoms with Crippen LogP contribution in [0.2, 0.25) is 5.02 Å². The molecule has 0 saturated carbocycles. The van der Waals surface area contributed by atoms with Gasteiger partial charge < -0.3 is 0 Å². The Morgan fingerprint density at radius 2 is 2.06 bits per heavy atom. The molecule has 0 heterocycles. The molecule has 90 valence electrons. The summed E-state index contributed by atoms with van der Waals surface area (Å²) < 4.78 is 0. The van der Waals surface area contributed by atoms with Crippen molar-refractivity contribution < 1.29 is 0 Å². The highest BCUT2D eigenvalue weighted by Crippen LogP contribution is 2.22. The smallest absolute Gasteiger partial charge is 0.0446 e. The van der Waals surface area contributed by atoms with Crippen LogP contribution in [-0.4, -0.2) is 11.5 Å². The van der Waals surface area contributed by atoms with Crippen LogP contribution in [0.1, 0.15) is 25.3 Å². The van der Waals surface area contributed by atoms with Crippen molar-refractivity contribution in [2.75, 3.05) is 11.5 Å². The van der Waals surface area contributed by atoms with Crippen LogP contribution >= 0.6 is 36.0 Å². The van der Waals surface area contributed by atoms with Crippen LogP contribution in [0.5, 0.6) is 0 Å². The van der Waals surface area contributed by atoms with E-state index in [1.165, 1.54) is 24.2 Å². The lowest BCUT2D eigenvalue weighted by Gasteiger charge is -2.09. The quantitative estimate of drug-likeness (QED) is 0.544. The second-order valence-corrected chi connectivity index (χ2v) is 6.01. The second-order valence-electron chi connectivity index (χ2n) is 4.05. The van der Waals surface area contributed by atoms with Crippen LogP contribution in [0.4, 0.5) is 0 Å². The van der Waals surface area contributed by atoms with E-state index in [1.54, 1.807) is 0 Å². The third kappa shape index (κ3) is 5.51. The van der Waals surface area contributed by atoms with Gasteiger partial charge in [-0.25, -0.2) is 0 Å². The first kappa shape index (κ1) is 14.3. The molecule has 1 unspecified atom stereocenters. The van der Waals surface area contributed by atoms with Gasteiger partial charge in [-0.3, -0.25) is 0 Å². The van der Waals surface area contributed by atoms with Crippen molar-refractivity contribution in [3.63, 3.8) is 0 Å². The molecule has 0 saturated heterocycles. The SMILES string of the molecule is CC(CCS)CCSCc1ccccc1Cl. The Kier molecular flexibility index (Phi) is 7.42. The van der Waals surface area contributed by atoms with Crippen LogP contribution in [0.15, 0.2) is 24.3 Å². The summed E-state index contributed by atoms with van der Waals surface area (Å²) in [5.74, 6) is 4.01. The molecule has 1 rings (SSSR count). The van der Waals surface area contributed by atoms with Crippen molar-refractivity contribution in [3.05, 3.63) is 34.9 Å². The summed E-state index contributed by atoms with van der Waals surface area (Å²) in [6.07, 6.45) is 2.49. The van der Waals surface area contributed by atoms with E-state index in [-0.39, 0.29) is 0 Å². The molecule has 0 bridgehead atoms. The first-order valence-corrected chi connectivity index (χ1v) is 7.82. The molecule has 1 atom stereocenters. The molecule has 0 N–H and O–H groups in total. The summed E-state index contributed by atoms with van der Waals surface area (Å²) in [4.78, 5) is 0.